The third-order valence-corrected chi connectivity index (χ3v) is 5.36. The zero-order valence-electron chi connectivity index (χ0n) is 12.8. The number of esters is 1. The molecule has 0 radical (unpaired) electrons. The number of thioether (sulfide) groups is 1. The number of carbonyl (C=O) groups excluding carboxylic acids is 2. The number of amides is 1. The lowest BCUT2D eigenvalue weighted by Gasteiger charge is -2.21. The molecule has 1 aromatic carbocycles. The number of nitrogens with zero attached hydrogens (tertiary/aromatic N) is 1. The highest BCUT2D eigenvalue weighted by Crippen LogP contribution is 2.30. The van der Waals surface area contributed by atoms with Gasteiger partial charge in [-0.3, -0.25) is 9.59 Å². The molecule has 1 fully saturated rings. The van der Waals surface area contributed by atoms with Gasteiger partial charge in [-0.1, -0.05) is 23.2 Å². The molecule has 0 heterocycles. The standard InChI is InChI=1S/C16H16Cl2N2O3S/c17-11-3-4-12(18)13(7-11)24-9-15(22)23-8-14(21)20-16(10-19)5-1-2-6-16/h3-4,7H,1-2,5-6,8-9H2,(H,20,21). The van der Waals surface area contributed by atoms with Crippen LogP contribution in [0.2, 0.25) is 10.0 Å². The summed E-state index contributed by atoms with van der Waals surface area (Å²) in [5, 5.41) is 12.9. The van der Waals surface area contributed by atoms with Gasteiger partial charge in [0, 0.05) is 9.92 Å². The summed E-state index contributed by atoms with van der Waals surface area (Å²) in [5.74, 6) is -0.988. The maximum Gasteiger partial charge on any atom is 0.316 e. The third kappa shape index (κ3) is 5.30. The number of nitriles is 1. The van der Waals surface area contributed by atoms with Gasteiger partial charge in [-0.05, 0) is 43.9 Å². The van der Waals surface area contributed by atoms with E-state index in [2.05, 4.69) is 11.4 Å². The number of carbonyl (C=O) groups is 2. The maximum atomic E-state index is 11.9. The second-order valence-corrected chi connectivity index (χ2v) is 7.33. The fraction of sp³-hybridized carbons (Fsp3) is 0.438. The van der Waals surface area contributed by atoms with Gasteiger partial charge in [-0.2, -0.15) is 5.26 Å². The van der Waals surface area contributed by atoms with Crippen LogP contribution in [0.15, 0.2) is 23.1 Å². The lowest BCUT2D eigenvalue weighted by atomic mass is 10.00. The first kappa shape index (κ1) is 18.9. The van der Waals surface area contributed by atoms with Crippen molar-refractivity contribution < 1.29 is 14.3 Å². The Morgan fingerprint density at radius 3 is 2.71 bits per heavy atom. The van der Waals surface area contributed by atoms with Crippen molar-refractivity contribution >= 4 is 46.8 Å². The molecule has 2 rings (SSSR count). The molecule has 0 aliphatic heterocycles. The lowest BCUT2D eigenvalue weighted by Crippen LogP contribution is -2.46. The van der Waals surface area contributed by atoms with Crippen LogP contribution >= 0.6 is 35.0 Å². The fourth-order valence-corrected chi connectivity index (χ4v) is 3.75. The maximum absolute atomic E-state index is 11.9. The largest absolute Gasteiger partial charge is 0.455 e. The van der Waals surface area contributed by atoms with Crippen molar-refractivity contribution in [2.45, 2.75) is 36.1 Å². The Kier molecular flexibility index (Phi) is 6.79. The topological polar surface area (TPSA) is 79.2 Å². The smallest absolute Gasteiger partial charge is 0.316 e. The normalized spacial score (nSPS) is 15.5. The summed E-state index contributed by atoms with van der Waals surface area (Å²) in [7, 11) is 0. The average Bonchev–Trinajstić information content (AvgIpc) is 3.02. The van der Waals surface area contributed by atoms with Crippen molar-refractivity contribution in [2.75, 3.05) is 12.4 Å². The minimum Gasteiger partial charge on any atom is -0.455 e. The summed E-state index contributed by atoms with van der Waals surface area (Å²) < 4.78 is 4.94. The van der Waals surface area contributed by atoms with E-state index in [4.69, 9.17) is 27.9 Å². The SMILES string of the molecule is N#CC1(NC(=O)COC(=O)CSc2cc(Cl)ccc2Cl)CCCC1. The predicted octanol–water partition coefficient (Wildman–Crippen LogP) is 3.58. The van der Waals surface area contributed by atoms with E-state index >= 15 is 0 Å². The minimum absolute atomic E-state index is 0.0106. The Bertz CT molecular complexity index is 670. The molecule has 1 N–H and O–H groups in total. The molecule has 1 aliphatic carbocycles. The van der Waals surface area contributed by atoms with Crippen LogP contribution in [0.5, 0.6) is 0 Å². The van der Waals surface area contributed by atoms with Crippen LogP contribution in [0.4, 0.5) is 0 Å². The van der Waals surface area contributed by atoms with E-state index in [1.165, 1.54) is 11.8 Å². The molecule has 0 bridgehead atoms. The molecule has 0 atom stereocenters. The Labute approximate surface area is 154 Å². The molecule has 0 unspecified atom stereocenters. The zero-order chi connectivity index (χ0) is 17.6. The summed E-state index contributed by atoms with van der Waals surface area (Å²) in [6.07, 6.45) is 3.08. The van der Waals surface area contributed by atoms with Crippen LogP contribution in [0.25, 0.3) is 0 Å². The molecule has 8 heteroatoms. The molecule has 1 aliphatic rings. The molecular formula is C16H16Cl2N2O3S. The van der Waals surface area contributed by atoms with Crippen molar-refractivity contribution in [3.05, 3.63) is 28.2 Å². The second kappa shape index (κ2) is 8.61. The van der Waals surface area contributed by atoms with Crippen LogP contribution in [0, 0.1) is 11.3 Å². The summed E-state index contributed by atoms with van der Waals surface area (Å²) in [5.41, 5.74) is -0.813. The Hall–Kier alpha value is -1.42. The number of ether oxygens (including phenoxy) is 1. The summed E-state index contributed by atoms with van der Waals surface area (Å²) >= 11 is 13.1. The van der Waals surface area contributed by atoms with Gasteiger partial charge in [-0.25, -0.2) is 0 Å². The highest BCUT2D eigenvalue weighted by atomic mass is 35.5. The van der Waals surface area contributed by atoms with Gasteiger partial charge in [0.05, 0.1) is 16.8 Å². The van der Waals surface area contributed by atoms with Gasteiger partial charge in [0.15, 0.2) is 6.61 Å². The molecule has 0 aromatic heterocycles. The Morgan fingerprint density at radius 2 is 2.04 bits per heavy atom. The van der Waals surface area contributed by atoms with E-state index in [1.807, 2.05) is 0 Å². The van der Waals surface area contributed by atoms with Gasteiger partial charge < -0.3 is 10.1 Å². The van der Waals surface area contributed by atoms with Crippen molar-refractivity contribution in [2.24, 2.45) is 0 Å². The number of hydrogen-bond donors (Lipinski definition) is 1. The van der Waals surface area contributed by atoms with Crippen LogP contribution in [-0.4, -0.2) is 29.8 Å². The van der Waals surface area contributed by atoms with E-state index in [-0.39, 0.29) is 5.75 Å². The van der Waals surface area contributed by atoms with E-state index in [9.17, 15) is 14.9 Å². The summed E-state index contributed by atoms with van der Waals surface area (Å²) in [4.78, 5) is 24.3. The van der Waals surface area contributed by atoms with Crippen LogP contribution < -0.4 is 5.32 Å². The first-order valence-corrected chi connectivity index (χ1v) is 9.14. The van der Waals surface area contributed by atoms with Gasteiger partial charge in [0.2, 0.25) is 0 Å². The molecule has 0 saturated heterocycles. The van der Waals surface area contributed by atoms with E-state index in [0.29, 0.717) is 27.8 Å². The monoisotopic (exact) mass is 386 g/mol. The molecule has 0 spiro atoms. The van der Waals surface area contributed by atoms with Crippen molar-refractivity contribution in [3.8, 4) is 6.07 Å². The Balaban J connectivity index is 1.76. The molecule has 1 saturated carbocycles. The van der Waals surface area contributed by atoms with E-state index in [1.54, 1.807) is 18.2 Å². The van der Waals surface area contributed by atoms with Gasteiger partial charge >= 0.3 is 5.97 Å². The molecular weight excluding hydrogens is 371 g/mol. The lowest BCUT2D eigenvalue weighted by molar-refractivity contribution is -0.146. The van der Waals surface area contributed by atoms with Gasteiger partial charge in [-0.15, -0.1) is 11.8 Å². The summed E-state index contributed by atoms with van der Waals surface area (Å²) in [6.45, 7) is -0.397. The van der Waals surface area contributed by atoms with Crippen molar-refractivity contribution in [1.29, 1.82) is 5.26 Å². The first-order valence-electron chi connectivity index (χ1n) is 7.40. The number of halogens is 2. The van der Waals surface area contributed by atoms with Crippen LogP contribution in [-0.2, 0) is 14.3 Å². The number of rotatable bonds is 6. The van der Waals surface area contributed by atoms with Gasteiger partial charge in [0.1, 0.15) is 5.54 Å². The predicted molar refractivity (Wildman–Crippen MR) is 93.1 cm³/mol. The van der Waals surface area contributed by atoms with Gasteiger partial charge in [0.25, 0.3) is 5.91 Å². The number of benzene rings is 1. The Morgan fingerprint density at radius 1 is 1.33 bits per heavy atom. The molecule has 1 amide bonds. The fourth-order valence-electron chi connectivity index (χ4n) is 2.46. The molecule has 24 heavy (non-hydrogen) atoms. The van der Waals surface area contributed by atoms with Crippen molar-refractivity contribution in [1.82, 2.24) is 5.32 Å². The highest BCUT2D eigenvalue weighted by Gasteiger charge is 2.35. The van der Waals surface area contributed by atoms with Crippen LogP contribution in [0.3, 0.4) is 0 Å². The van der Waals surface area contributed by atoms with E-state index in [0.717, 1.165) is 12.8 Å². The number of nitrogens with one attached hydrogen (secondary N) is 1. The highest BCUT2D eigenvalue weighted by molar-refractivity contribution is 8.00. The molecule has 5 nitrogen and oxygen atoms in total. The summed E-state index contributed by atoms with van der Waals surface area (Å²) in [6, 6.07) is 7.11. The third-order valence-electron chi connectivity index (χ3n) is 3.65. The minimum atomic E-state index is -0.813. The zero-order valence-corrected chi connectivity index (χ0v) is 15.1. The van der Waals surface area contributed by atoms with Crippen LogP contribution in [0.1, 0.15) is 25.7 Å². The average molecular weight is 387 g/mol. The molecule has 1 aromatic rings. The quantitative estimate of drug-likeness (QED) is 0.596. The number of hydrogen-bond acceptors (Lipinski definition) is 5. The second-order valence-electron chi connectivity index (χ2n) is 5.47. The first-order chi connectivity index (χ1) is 11.4. The molecule has 128 valence electrons. The van der Waals surface area contributed by atoms with Crippen molar-refractivity contribution in [3.63, 3.8) is 0 Å². The van der Waals surface area contributed by atoms with E-state index < -0.39 is 24.0 Å².